The maximum absolute atomic E-state index is 11.5. The van der Waals surface area contributed by atoms with Crippen LogP contribution in [0.25, 0.3) is 0 Å². The van der Waals surface area contributed by atoms with Gasteiger partial charge in [0.2, 0.25) is 5.91 Å². The molecule has 1 aliphatic rings. The van der Waals surface area contributed by atoms with E-state index in [1.54, 1.807) is 0 Å². The highest BCUT2D eigenvalue weighted by atomic mass is 16.5. The van der Waals surface area contributed by atoms with Gasteiger partial charge in [0.1, 0.15) is 12.6 Å². The summed E-state index contributed by atoms with van der Waals surface area (Å²) in [6.07, 6.45) is 12.3. The standard InChI is InChI=1S/C15H25NO3/c1-2-3-4-5-6-7-8-9-12-19-15(18)13-10-11-14(17)16-13/h8-9,13H,2-7,10-12H2,1H3,(H,16,17)/b9-8+/t13-/m0/s1. The van der Waals surface area contributed by atoms with E-state index in [9.17, 15) is 9.59 Å². The Morgan fingerprint density at radius 2 is 2.11 bits per heavy atom. The molecule has 1 saturated heterocycles. The Hall–Kier alpha value is -1.32. The average molecular weight is 267 g/mol. The summed E-state index contributed by atoms with van der Waals surface area (Å²) in [5.41, 5.74) is 0. The molecule has 1 rings (SSSR count). The number of amides is 1. The van der Waals surface area contributed by atoms with Crippen molar-refractivity contribution in [1.82, 2.24) is 5.32 Å². The molecule has 0 unspecified atom stereocenters. The molecule has 1 atom stereocenters. The summed E-state index contributed by atoms with van der Waals surface area (Å²) in [6, 6.07) is -0.435. The molecule has 0 spiro atoms. The molecule has 1 heterocycles. The third-order valence-corrected chi connectivity index (χ3v) is 3.24. The van der Waals surface area contributed by atoms with Gasteiger partial charge in [0.15, 0.2) is 0 Å². The van der Waals surface area contributed by atoms with Crippen molar-refractivity contribution >= 4 is 11.9 Å². The summed E-state index contributed by atoms with van der Waals surface area (Å²) in [7, 11) is 0. The summed E-state index contributed by atoms with van der Waals surface area (Å²) in [4.78, 5) is 22.5. The number of allylic oxidation sites excluding steroid dienone is 1. The van der Waals surface area contributed by atoms with E-state index in [-0.39, 0.29) is 11.9 Å². The minimum atomic E-state index is -0.435. The highest BCUT2D eigenvalue weighted by Crippen LogP contribution is 2.08. The lowest BCUT2D eigenvalue weighted by atomic mass is 10.1. The number of rotatable bonds is 9. The normalized spacial score (nSPS) is 18.8. The highest BCUT2D eigenvalue weighted by molar-refractivity contribution is 5.88. The number of nitrogens with one attached hydrogen (secondary N) is 1. The summed E-state index contributed by atoms with van der Waals surface area (Å²) >= 11 is 0. The first-order valence-corrected chi connectivity index (χ1v) is 7.35. The zero-order chi connectivity index (χ0) is 13.9. The molecule has 4 heteroatoms. The number of esters is 1. The van der Waals surface area contributed by atoms with Crippen LogP contribution in [0.4, 0.5) is 0 Å². The van der Waals surface area contributed by atoms with Gasteiger partial charge in [-0.25, -0.2) is 4.79 Å². The van der Waals surface area contributed by atoms with Crippen LogP contribution >= 0.6 is 0 Å². The number of hydrogen-bond donors (Lipinski definition) is 1. The van der Waals surface area contributed by atoms with Crippen molar-refractivity contribution in [3.8, 4) is 0 Å². The van der Waals surface area contributed by atoms with Gasteiger partial charge in [0.05, 0.1) is 0 Å². The van der Waals surface area contributed by atoms with Crippen molar-refractivity contribution in [2.45, 2.75) is 64.3 Å². The Labute approximate surface area is 115 Å². The molecule has 0 bridgehead atoms. The third-order valence-electron chi connectivity index (χ3n) is 3.24. The lowest BCUT2D eigenvalue weighted by Crippen LogP contribution is -2.34. The van der Waals surface area contributed by atoms with Gasteiger partial charge < -0.3 is 10.1 Å². The van der Waals surface area contributed by atoms with Gasteiger partial charge in [-0.2, -0.15) is 0 Å². The number of unbranched alkanes of at least 4 members (excludes halogenated alkanes) is 5. The van der Waals surface area contributed by atoms with E-state index >= 15 is 0 Å². The lowest BCUT2D eigenvalue weighted by molar-refractivity contribution is -0.145. The van der Waals surface area contributed by atoms with Crippen molar-refractivity contribution in [3.05, 3.63) is 12.2 Å². The van der Waals surface area contributed by atoms with E-state index in [0.717, 1.165) is 6.42 Å². The number of carbonyl (C=O) groups excluding carboxylic acids is 2. The van der Waals surface area contributed by atoms with Crippen LogP contribution in [-0.2, 0) is 14.3 Å². The van der Waals surface area contributed by atoms with Crippen LogP contribution in [0.3, 0.4) is 0 Å². The molecule has 4 nitrogen and oxygen atoms in total. The van der Waals surface area contributed by atoms with Crippen LogP contribution in [0.1, 0.15) is 58.3 Å². The van der Waals surface area contributed by atoms with Crippen LogP contribution in [0.15, 0.2) is 12.2 Å². The first-order valence-electron chi connectivity index (χ1n) is 7.35. The smallest absolute Gasteiger partial charge is 0.328 e. The molecule has 1 amide bonds. The molecule has 0 saturated carbocycles. The van der Waals surface area contributed by atoms with E-state index in [1.165, 1.54) is 32.1 Å². The lowest BCUT2D eigenvalue weighted by Gasteiger charge is -2.08. The largest absolute Gasteiger partial charge is 0.460 e. The summed E-state index contributed by atoms with van der Waals surface area (Å²) < 4.78 is 5.08. The SMILES string of the molecule is CCCCCCC/C=C/COC(=O)[C@@H]1CCC(=O)N1. The summed E-state index contributed by atoms with van der Waals surface area (Å²) in [6.45, 7) is 2.52. The van der Waals surface area contributed by atoms with Crippen LogP contribution < -0.4 is 5.32 Å². The third kappa shape index (κ3) is 6.99. The van der Waals surface area contributed by atoms with Crippen molar-refractivity contribution < 1.29 is 14.3 Å². The van der Waals surface area contributed by atoms with Crippen LogP contribution in [0.2, 0.25) is 0 Å². The maximum atomic E-state index is 11.5. The molecule has 0 aromatic heterocycles. The number of ether oxygens (including phenoxy) is 1. The fourth-order valence-corrected chi connectivity index (χ4v) is 2.07. The summed E-state index contributed by atoms with van der Waals surface area (Å²) in [5, 5.41) is 2.60. The summed E-state index contributed by atoms with van der Waals surface area (Å²) in [5.74, 6) is -0.386. The zero-order valence-corrected chi connectivity index (χ0v) is 11.8. The topological polar surface area (TPSA) is 55.4 Å². The second kappa shape index (κ2) is 9.59. The molecule has 0 radical (unpaired) electrons. The van der Waals surface area contributed by atoms with E-state index in [1.807, 2.05) is 6.08 Å². The van der Waals surface area contributed by atoms with Crippen molar-refractivity contribution in [3.63, 3.8) is 0 Å². The highest BCUT2D eigenvalue weighted by Gasteiger charge is 2.27. The van der Waals surface area contributed by atoms with Gasteiger partial charge in [-0.1, -0.05) is 44.8 Å². The minimum absolute atomic E-state index is 0.0652. The van der Waals surface area contributed by atoms with Gasteiger partial charge in [0, 0.05) is 6.42 Å². The molecule has 19 heavy (non-hydrogen) atoms. The molecule has 0 aromatic carbocycles. The van der Waals surface area contributed by atoms with Crippen molar-refractivity contribution in [2.75, 3.05) is 6.61 Å². The fraction of sp³-hybridized carbons (Fsp3) is 0.733. The minimum Gasteiger partial charge on any atom is -0.460 e. The molecule has 1 aliphatic heterocycles. The van der Waals surface area contributed by atoms with Crippen LogP contribution in [0, 0.1) is 0 Å². The fourth-order valence-electron chi connectivity index (χ4n) is 2.07. The number of hydrogen-bond acceptors (Lipinski definition) is 3. The Bertz CT molecular complexity index is 313. The van der Waals surface area contributed by atoms with Gasteiger partial charge in [-0.05, 0) is 19.3 Å². The Morgan fingerprint density at radius 1 is 1.32 bits per heavy atom. The predicted octanol–water partition coefficient (Wildman–Crippen LogP) is 2.72. The Balaban J connectivity index is 1.97. The quantitative estimate of drug-likeness (QED) is 0.397. The van der Waals surface area contributed by atoms with Crippen LogP contribution in [-0.4, -0.2) is 24.5 Å². The van der Waals surface area contributed by atoms with Crippen LogP contribution in [0.5, 0.6) is 0 Å². The maximum Gasteiger partial charge on any atom is 0.328 e. The second-order valence-electron chi connectivity index (χ2n) is 4.96. The van der Waals surface area contributed by atoms with Crippen molar-refractivity contribution in [1.29, 1.82) is 0 Å². The first kappa shape index (κ1) is 15.7. The predicted molar refractivity (Wildman–Crippen MR) is 74.6 cm³/mol. The molecule has 0 aromatic rings. The van der Waals surface area contributed by atoms with Gasteiger partial charge >= 0.3 is 5.97 Å². The van der Waals surface area contributed by atoms with Crippen molar-refractivity contribution in [2.24, 2.45) is 0 Å². The van der Waals surface area contributed by atoms with Gasteiger partial charge in [-0.15, -0.1) is 0 Å². The number of carbonyl (C=O) groups is 2. The van der Waals surface area contributed by atoms with E-state index in [4.69, 9.17) is 4.74 Å². The van der Waals surface area contributed by atoms with Gasteiger partial charge in [-0.3, -0.25) is 4.79 Å². The van der Waals surface area contributed by atoms with Gasteiger partial charge in [0.25, 0.3) is 0 Å². The van der Waals surface area contributed by atoms with E-state index < -0.39 is 6.04 Å². The molecular weight excluding hydrogens is 242 g/mol. The molecule has 1 fully saturated rings. The van der Waals surface area contributed by atoms with E-state index in [0.29, 0.717) is 19.4 Å². The Kier molecular flexibility index (Phi) is 7.94. The first-order chi connectivity index (χ1) is 9.24. The molecular formula is C15H25NO3. The zero-order valence-electron chi connectivity index (χ0n) is 11.8. The second-order valence-corrected chi connectivity index (χ2v) is 4.96. The molecule has 0 aliphatic carbocycles. The molecule has 108 valence electrons. The van der Waals surface area contributed by atoms with E-state index in [2.05, 4.69) is 18.3 Å². The Morgan fingerprint density at radius 3 is 2.79 bits per heavy atom. The average Bonchev–Trinajstić information content (AvgIpc) is 2.83. The monoisotopic (exact) mass is 267 g/mol. The molecule has 1 N–H and O–H groups in total.